The fourth-order valence-electron chi connectivity index (χ4n) is 1.94. The van der Waals surface area contributed by atoms with Crippen molar-refractivity contribution in [1.82, 2.24) is 14.9 Å². The van der Waals surface area contributed by atoms with E-state index in [0.717, 1.165) is 11.4 Å². The van der Waals surface area contributed by atoms with E-state index in [1.54, 1.807) is 17.5 Å². The molecular weight excluding hydrogens is 284 g/mol. The molecule has 0 spiro atoms. The van der Waals surface area contributed by atoms with Gasteiger partial charge in [0.15, 0.2) is 0 Å². The second-order valence-corrected chi connectivity index (χ2v) is 5.96. The Hall–Kier alpha value is -1.95. The molecular formula is C15H20N4OS. The Labute approximate surface area is 129 Å². The molecule has 1 amide bonds. The maximum absolute atomic E-state index is 12.7. The molecule has 2 heterocycles. The maximum atomic E-state index is 12.7. The predicted octanol–water partition coefficient (Wildman–Crippen LogP) is 3.02. The fourth-order valence-corrected chi connectivity index (χ4v) is 2.64. The number of carbonyl (C=O) groups is 1. The minimum atomic E-state index is -0.0920. The van der Waals surface area contributed by atoms with Crippen LogP contribution >= 0.6 is 11.3 Å². The quantitative estimate of drug-likeness (QED) is 0.891. The molecule has 112 valence electrons. The van der Waals surface area contributed by atoms with Crippen molar-refractivity contribution >= 4 is 23.1 Å². The Morgan fingerprint density at radius 2 is 2.24 bits per heavy atom. The van der Waals surface area contributed by atoms with E-state index in [1.807, 2.05) is 43.2 Å². The lowest BCUT2D eigenvalue weighted by atomic mass is 10.2. The second kappa shape index (κ2) is 7.17. The van der Waals surface area contributed by atoms with Gasteiger partial charge in [-0.3, -0.25) is 9.78 Å². The van der Waals surface area contributed by atoms with E-state index in [9.17, 15) is 4.79 Å². The van der Waals surface area contributed by atoms with E-state index < -0.39 is 0 Å². The molecule has 2 rings (SSSR count). The van der Waals surface area contributed by atoms with Crippen LogP contribution in [0.2, 0.25) is 0 Å². The van der Waals surface area contributed by atoms with Gasteiger partial charge in [-0.2, -0.15) is 0 Å². The third kappa shape index (κ3) is 4.01. The first kappa shape index (κ1) is 15.4. The van der Waals surface area contributed by atoms with Gasteiger partial charge in [0.1, 0.15) is 11.5 Å². The van der Waals surface area contributed by atoms with Gasteiger partial charge < -0.3 is 10.2 Å². The summed E-state index contributed by atoms with van der Waals surface area (Å²) in [5, 5.41) is 5.09. The standard InChI is InChI=1S/C15H20N4OS/c1-4-17-14-9-16-8-13(18-14)15(20)19(11(2)3)10-12-6-5-7-21-12/h5-9,11H,4,10H2,1-3H3,(H,17,18). The molecule has 0 aliphatic carbocycles. The third-order valence-electron chi connectivity index (χ3n) is 3.00. The molecule has 1 N–H and O–H groups in total. The van der Waals surface area contributed by atoms with Crippen molar-refractivity contribution in [2.24, 2.45) is 0 Å². The predicted molar refractivity (Wildman–Crippen MR) is 85.5 cm³/mol. The zero-order chi connectivity index (χ0) is 15.2. The number of hydrogen-bond donors (Lipinski definition) is 1. The van der Waals surface area contributed by atoms with Crippen molar-refractivity contribution in [1.29, 1.82) is 0 Å². The van der Waals surface area contributed by atoms with Crippen molar-refractivity contribution in [3.63, 3.8) is 0 Å². The lowest BCUT2D eigenvalue weighted by molar-refractivity contribution is 0.0686. The molecule has 21 heavy (non-hydrogen) atoms. The van der Waals surface area contributed by atoms with E-state index in [2.05, 4.69) is 15.3 Å². The number of amides is 1. The molecule has 5 nitrogen and oxygen atoms in total. The smallest absolute Gasteiger partial charge is 0.274 e. The van der Waals surface area contributed by atoms with Crippen LogP contribution in [0.3, 0.4) is 0 Å². The number of thiophene rings is 1. The average molecular weight is 304 g/mol. The molecule has 0 aromatic carbocycles. The van der Waals surface area contributed by atoms with Gasteiger partial charge in [0, 0.05) is 17.5 Å². The van der Waals surface area contributed by atoms with Crippen LogP contribution in [0, 0.1) is 0 Å². The molecule has 0 saturated carbocycles. The van der Waals surface area contributed by atoms with Gasteiger partial charge in [0.25, 0.3) is 5.91 Å². The van der Waals surface area contributed by atoms with Crippen LogP contribution in [0.15, 0.2) is 29.9 Å². The van der Waals surface area contributed by atoms with Crippen molar-refractivity contribution < 1.29 is 4.79 Å². The summed E-state index contributed by atoms with van der Waals surface area (Å²) in [7, 11) is 0. The van der Waals surface area contributed by atoms with E-state index in [4.69, 9.17) is 0 Å². The number of carbonyl (C=O) groups excluding carboxylic acids is 1. The number of rotatable bonds is 6. The molecule has 2 aromatic rings. The number of hydrogen-bond acceptors (Lipinski definition) is 5. The summed E-state index contributed by atoms with van der Waals surface area (Å²) in [6.07, 6.45) is 3.15. The highest BCUT2D eigenvalue weighted by Crippen LogP contribution is 2.16. The maximum Gasteiger partial charge on any atom is 0.274 e. The molecule has 0 bridgehead atoms. The monoisotopic (exact) mass is 304 g/mol. The molecule has 0 fully saturated rings. The highest BCUT2D eigenvalue weighted by Gasteiger charge is 2.21. The first-order chi connectivity index (χ1) is 10.1. The van der Waals surface area contributed by atoms with Gasteiger partial charge in [-0.1, -0.05) is 6.07 Å². The Morgan fingerprint density at radius 3 is 2.86 bits per heavy atom. The van der Waals surface area contributed by atoms with Crippen LogP contribution in [-0.4, -0.2) is 33.4 Å². The Morgan fingerprint density at radius 1 is 1.43 bits per heavy atom. The van der Waals surface area contributed by atoms with Crippen molar-refractivity contribution in [3.05, 3.63) is 40.5 Å². The van der Waals surface area contributed by atoms with E-state index in [-0.39, 0.29) is 11.9 Å². The van der Waals surface area contributed by atoms with Crippen LogP contribution in [-0.2, 0) is 6.54 Å². The number of anilines is 1. The van der Waals surface area contributed by atoms with E-state index in [1.165, 1.54) is 6.20 Å². The Balaban J connectivity index is 2.19. The van der Waals surface area contributed by atoms with Crippen LogP contribution in [0.25, 0.3) is 0 Å². The average Bonchev–Trinajstić information content (AvgIpc) is 2.97. The van der Waals surface area contributed by atoms with Crippen molar-refractivity contribution in [2.75, 3.05) is 11.9 Å². The van der Waals surface area contributed by atoms with Gasteiger partial charge in [-0.05, 0) is 32.2 Å². The van der Waals surface area contributed by atoms with Crippen LogP contribution in [0.4, 0.5) is 5.82 Å². The minimum Gasteiger partial charge on any atom is -0.369 e. The summed E-state index contributed by atoms with van der Waals surface area (Å²) < 4.78 is 0. The highest BCUT2D eigenvalue weighted by molar-refractivity contribution is 7.09. The third-order valence-corrected chi connectivity index (χ3v) is 3.86. The lowest BCUT2D eigenvalue weighted by Crippen LogP contribution is -2.36. The lowest BCUT2D eigenvalue weighted by Gasteiger charge is -2.26. The van der Waals surface area contributed by atoms with Gasteiger partial charge in [0.2, 0.25) is 0 Å². The highest BCUT2D eigenvalue weighted by atomic mass is 32.1. The Kier molecular flexibility index (Phi) is 5.27. The molecule has 0 unspecified atom stereocenters. The van der Waals surface area contributed by atoms with E-state index in [0.29, 0.717) is 18.1 Å². The summed E-state index contributed by atoms with van der Waals surface area (Å²) in [5.74, 6) is 0.536. The SMILES string of the molecule is CCNc1cncc(C(=O)N(Cc2cccs2)C(C)C)n1. The minimum absolute atomic E-state index is 0.0920. The van der Waals surface area contributed by atoms with Gasteiger partial charge in [0.05, 0.1) is 18.9 Å². The molecule has 6 heteroatoms. The van der Waals surface area contributed by atoms with Crippen molar-refractivity contribution in [3.8, 4) is 0 Å². The van der Waals surface area contributed by atoms with Crippen molar-refractivity contribution in [2.45, 2.75) is 33.4 Å². The molecule has 0 atom stereocenters. The molecule has 0 saturated heterocycles. The molecule has 0 aliphatic rings. The second-order valence-electron chi connectivity index (χ2n) is 4.93. The Bertz CT molecular complexity index is 583. The number of nitrogens with zero attached hydrogens (tertiary/aromatic N) is 3. The molecule has 0 radical (unpaired) electrons. The summed E-state index contributed by atoms with van der Waals surface area (Å²) >= 11 is 1.65. The zero-order valence-electron chi connectivity index (χ0n) is 12.5. The van der Waals surface area contributed by atoms with Gasteiger partial charge in [-0.25, -0.2) is 4.98 Å². The van der Waals surface area contributed by atoms with Gasteiger partial charge >= 0.3 is 0 Å². The molecule has 0 aliphatic heterocycles. The normalized spacial score (nSPS) is 10.7. The topological polar surface area (TPSA) is 58.1 Å². The number of aromatic nitrogens is 2. The van der Waals surface area contributed by atoms with E-state index >= 15 is 0 Å². The summed E-state index contributed by atoms with van der Waals surface area (Å²) in [6, 6.07) is 4.13. The molecule has 2 aromatic heterocycles. The summed E-state index contributed by atoms with van der Waals surface area (Å²) in [4.78, 5) is 24.1. The zero-order valence-corrected chi connectivity index (χ0v) is 13.4. The number of nitrogens with one attached hydrogen (secondary N) is 1. The van der Waals surface area contributed by atoms with Crippen LogP contribution < -0.4 is 5.32 Å². The largest absolute Gasteiger partial charge is 0.369 e. The van der Waals surface area contributed by atoms with Gasteiger partial charge in [-0.15, -0.1) is 11.3 Å². The summed E-state index contributed by atoms with van der Waals surface area (Å²) in [6.45, 7) is 7.34. The fraction of sp³-hybridized carbons (Fsp3) is 0.400. The van der Waals surface area contributed by atoms with Crippen LogP contribution in [0.5, 0.6) is 0 Å². The first-order valence-corrected chi connectivity index (χ1v) is 7.89. The summed E-state index contributed by atoms with van der Waals surface area (Å²) in [5.41, 5.74) is 0.374. The van der Waals surface area contributed by atoms with Crippen LogP contribution in [0.1, 0.15) is 36.1 Å². The first-order valence-electron chi connectivity index (χ1n) is 7.01.